The van der Waals surface area contributed by atoms with Gasteiger partial charge in [-0.1, -0.05) is 28.1 Å². The van der Waals surface area contributed by atoms with Gasteiger partial charge in [0.1, 0.15) is 12.4 Å². The summed E-state index contributed by atoms with van der Waals surface area (Å²) in [6, 6.07) is 13.6. The van der Waals surface area contributed by atoms with Gasteiger partial charge in [0.05, 0.1) is 11.6 Å². The lowest BCUT2D eigenvalue weighted by atomic mass is 10.1. The first-order valence-electron chi connectivity index (χ1n) is 5.99. The Kier molecular flexibility index (Phi) is 4.24. The van der Waals surface area contributed by atoms with Crippen molar-refractivity contribution in [3.05, 3.63) is 63.1 Å². The molecule has 3 heteroatoms. The van der Waals surface area contributed by atoms with Crippen molar-refractivity contribution < 1.29 is 4.74 Å². The zero-order valence-corrected chi connectivity index (χ0v) is 12.5. The summed E-state index contributed by atoms with van der Waals surface area (Å²) in [6.45, 7) is 4.57. The molecule has 0 aliphatic rings. The SMILES string of the molecule is Cc1cc(OCc2ccc(C#N)cc2)c(C)cc1Br. The first-order chi connectivity index (χ1) is 9.10. The summed E-state index contributed by atoms with van der Waals surface area (Å²) in [5.74, 6) is 0.894. The van der Waals surface area contributed by atoms with Crippen LogP contribution in [0.1, 0.15) is 22.3 Å². The topological polar surface area (TPSA) is 33.0 Å². The number of rotatable bonds is 3. The summed E-state index contributed by atoms with van der Waals surface area (Å²) in [6.07, 6.45) is 0. The number of hydrogen-bond donors (Lipinski definition) is 0. The number of benzene rings is 2. The highest BCUT2D eigenvalue weighted by atomic mass is 79.9. The lowest BCUT2D eigenvalue weighted by molar-refractivity contribution is 0.304. The Morgan fingerprint density at radius 2 is 1.79 bits per heavy atom. The van der Waals surface area contributed by atoms with Crippen LogP contribution in [0, 0.1) is 25.2 Å². The molecule has 0 spiro atoms. The number of ether oxygens (including phenoxy) is 1. The predicted octanol–water partition coefficient (Wildman–Crippen LogP) is 4.52. The van der Waals surface area contributed by atoms with E-state index in [4.69, 9.17) is 10.00 Å². The van der Waals surface area contributed by atoms with Gasteiger partial charge in [-0.2, -0.15) is 5.26 Å². The van der Waals surface area contributed by atoms with Crippen molar-refractivity contribution in [1.29, 1.82) is 5.26 Å². The first-order valence-corrected chi connectivity index (χ1v) is 6.78. The smallest absolute Gasteiger partial charge is 0.123 e. The number of halogens is 1. The van der Waals surface area contributed by atoms with E-state index in [-0.39, 0.29) is 0 Å². The molecule has 0 N–H and O–H groups in total. The second-order valence-electron chi connectivity index (χ2n) is 4.46. The maximum Gasteiger partial charge on any atom is 0.123 e. The lowest BCUT2D eigenvalue weighted by Gasteiger charge is -2.11. The quantitative estimate of drug-likeness (QED) is 0.834. The standard InChI is InChI=1S/C16H14BrNO/c1-11-8-16(12(2)7-15(11)17)19-10-14-5-3-13(9-18)4-6-14/h3-8H,10H2,1-2H3. The molecule has 96 valence electrons. The van der Waals surface area contributed by atoms with Crippen LogP contribution in [0.4, 0.5) is 0 Å². The number of nitrogens with zero attached hydrogens (tertiary/aromatic N) is 1. The van der Waals surface area contributed by atoms with Crippen molar-refractivity contribution in [3.63, 3.8) is 0 Å². The third kappa shape index (κ3) is 3.36. The Morgan fingerprint density at radius 3 is 2.42 bits per heavy atom. The molecule has 19 heavy (non-hydrogen) atoms. The van der Waals surface area contributed by atoms with E-state index in [0.717, 1.165) is 26.9 Å². The van der Waals surface area contributed by atoms with E-state index >= 15 is 0 Å². The highest BCUT2D eigenvalue weighted by Crippen LogP contribution is 2.26. The van der Waals surface area contributed by atoms with Gasteiger partial charge in [0, 0.05) is 4.47 Å². The Labute approximate surface area is 121 Å². The molecular weight excluding hydrogens is 302 g/mol. The molecule has 2 aromatic carbocycles. The zero-order valence-electron chi connectivity index (χ0n) is 10.9. The average molecular weight is 316 g/mol. The van der Waals surface area contributed by atoms with Crippen LogP contribution in [-0.4, -0.2) is 0 Å². The van der Waals surface area contributed by atoms with Crippen LogP contribution in [0.15, 0.2) is 40.9 Å². The van der Waals surface area contributed by atoms with Crippen LogP contribution >= 0.6 is 15.9 Å². The summed E-state index contributed by atoms with van der Waals surface area (Å²) in [7, 11) is 0. The van der Waals surface area contributed by atoms with E-state index in [2.05, 4.69) is 28.1 Å². The van der Waals surface area contributed by atoms with Crippen LogP contribution in [0.25, 0.3) is 0 Å². The van der Waals surface area contributed by atoms with Gasteiger partial charge in [-0.05, 0) is 54.8 Å². The van der Waals surface area contributed by atoms with Crippen molar-refractivity contribution >= 4 is 15.9 Å². The second-order valence-corrected chi connectivity index (χ2v) is 5.32. The summed E-state index contributed by atoms with van der Waals surface area (Å²) >= 11 is 3.51. The van der Waals surface area contributed by atoms with Gasteiger partial charge < -0.3 is 4.74 Å². The molecule has 0 heterocycles. The van der Waals surface area contributed by atoms with Crippen molar-refractivity contribution in [1.82, 2.24) is 0 Å². The lowest BCUT2D eigenvalue weighted by Crippen LogP contribution is -1.97. The third-order valence-corrected chi connectivity index (χ3v) is 3.79. The maximum atomic E-state index is 8.74. The zero-order chi connectivity index (χ0) is 13.8. The summed E-state index contributed by atoms with van der Waals surface area (Å²) in [4.78, 5) is 0. The molecule has 0 aliphatic heterocycles. The van der Waals surface area contributed by atoms with Gasteiger partial charge in [0.25, 0.3) is 0 Å². The summed E-state index contributed by atoms with van der Waals surface area (Å²) in [5.41, 5.74) is 3.98. The number of nitriles is 1. The van der Waals surface area contributed by atoms with E-state index in [1.807, 2.05) is 32.0 Å². The van der Waals surface area contributed by atoms with Gasteiger partial charge >= 0.3 is 0 Å². The predicted molar refractivity (Wildman–Crippen MR) is 79.1 cm³/mol. The molecule has 0 aliphatic carbocycles. The fourth-order valence-corrected chi connectivity index (χ4v) is 2.20. The Balaban J connectivity index is 2.10. The van der Waals surface area contributed by atoms with E-state index in [1.54, 1.807) is 12.1 Å². The van der Waals surface area contributed by atoms with E-state index < -0.39 is 0 Å². The molecule has 2 aromatic rings. The van der Waals surface area contributed by atoms with Crippen LogP contribution < -0.4 is 4.74 Å². The van der Waals surface area contributed by atoms with Crippen LogP contribution in [0.3, 0.4) is 0 Å². The highest BCUT2D eigenvalue weighted by Gasteiger charge is 2.04. The molecule has 0 amide bonds. The largest absolute Gasteiger partial charge is 0.489 e. The Bertz CT molecular complexity index is 626. The Hall–Kier alpha value is -1.79. The minimum atomic E-state index is 0.508. The van der Waals surface area contributed by atoms with Crippen LogP contribution in [0.2, 0.25) is 0 Å². The van der Waals surface area contributed by atoms with Crippen LogP contribution in [-0.2, 0) is 6.61 Å². The fourth-order valence-electron chi connectivity index (χ4n) is 1.75. The molecule has 0 atom stereocenters. The molecule has 0 saturated heterocycles. The van der Waals surface area contributed by atoms with Gasteiger partial charge in [-0.15, -0.1) is 0 Å². The van der Waals surface area contributed by atoms with E-state index in [9.17, 15) is 0 Å². The van der Waals surface area contributed by atoms with Crippen molar-refractivity contribution in [3.8, 4) is 11.8 Å². The van der Waals surface area contributed by atoms with Gasteiger partial charge in [-0.25, -0.2) is 0 Å². The van der Waals surface area contributed by atoms with Crippen molar-refractivity contribution in [2.75, 3.05) is 0 Å². The van der Waals surface area contributed by atoms with Crippen molar-refractivity contribution in [2.45, 2.75) is 20.5 Å². The molecule has 0 saturated carbocycles. The summed E-state index contributed by atoms with van der Waals surface area (Å²) in [5, 5.41) is 8.74. The van der Waals surface area contributed by atoms with E-state index in [0.29, 0.717) is 12.2 Å². The minimum absolute atomic E-state index is 0.508. The number of aryl methyl sites for hydroxylation is 2. The normalized spacial score (nSPS) is 10.0. The summed E-state index contributed by atoms with van der Waals surface area (Å²) < 4.78 is 6.92. The first kappa shape index (κ1) is 13.6. The highest BCUT2D eigenvalue weighted by molar-refractivity contribution is 9.10. The number of hydrogen-bond acceptors (Lipinski definition) is 2. The molecule has 0 aromatic heterocycles. The monoisotopic (exact) mass is 315 g/mol. The molecule has 0 unspecified atom stereocenters. The molecule has 0 fully saturated rings. The fraction of sp³-hybridized carbons (Fsp3) is 0.188. The Morgan fingerprint density at radius 1 is 1.11 bits per heavy atom. The van der Waals surface area contributed by atoms with Crippen molar-refractivity contribution in [2.24, 2.45) is 0 Å². The molecular formula is C16H14BrNO. The second kappa shape index (κ2) is 5.90. The maximum absolute atomic E-state index is 8.74. The van der Waals surface area contributed by atoms with Gasteiger partial charge in [-0.3, -0.25) is 0 Å². The van der Waals surface area contributed by atoms with Gasteiger partial charge in [0.15, 0.2) is 0 Å². The average Bonchev–Trinajstić information content (AvgIpc) is 2.42. The third-order valence-electron chi connectivity index (χ3n) is 2.93. The van der Waals surface area contributed by atoms with Gasteiger partial charge in [0.2, 0.25) is 0 Å². The molecule has 0 radical (unpaired) electrons. The van der Waals surface area contributed by atoms with E-state index in [1.165, 1.54) is 0 Å². The molecule has 0 bridgehead atoms. The minimum Gasteiger partial charge on any atom is -0.489 e. The molecule has 2 nitrogen and oxygen atoms in total. The van der Waals surface area contributed by atoms with Crippen LogP contribution in [0.5, 0.6) is 5.75 Å². The molecule has 2 rings (SSSR count).